The first-order chi connectivity index (χ1) is 10.2. The summed E-state index contributed by atoms with van der Waals surface area (Å²) in [4.78, 5) is 4.42. The number of nitrogens with two attached hydrogens (primary N) is 1. The van der Waals surface area contributed by atoms with E-state index < -0.39 is 0 Å². The average molecular weight is 283 g/mol. The Morgan fingerprint density at radius 1 is 1.19 bits per heavy atom. The molecule has 0 saturated carbocycles. The van der Waals surface area contributed by atoms with Crippen LogP contribution in [0.15, 0.2) is 54.9 Å². The number of hydrogen-bond acceptors (Lipinski definition) is 2. The summed E-state index contributed by atoms with van der Waals surface area (Å²) < 4.78 is 15.6. The number of benzene rings is 2. The molecule has 4 heteroatoms. The molecule has 2 aromatic carbocycles. The number of para-hydroxylation sites is 2. The Morgan fingerprint density at radius 2 is 2.00 bits per heavy atom. The molecule has 2 atom stereocenters. The van der Waals surface area contributed by atoms with E-state index in [2.05, 4.69) is 4.98 Å². The molecule has 21 heavy (non-hydrogen) atoms. The molecule has 0 aliphatic heterocycles. The molecule has 2 unspecified atom stereocenters. The van der Waals surface area contributed by atoms with E-state index >= 15 is 0 Å². The SMILES string of the molecule is CCC(N)C(c1cccc(F)c1)n1cnc2ccccc21. The van der Waals surface area contributed by atoms with Crippen molar-refractivity contribution < 1.29 is 4.39 Å². The maximum Gasteiger partial charge on any atom is 0.123 e. The lowest BCUT2D eigenvalue weighted by molar-refractivity contribution is 0.465. The molecule has 1 heterocycles. The zero-order valence-electron chi connectivity index (χ0n) is 11.9. The molecule has 0 aliphatic rings. The fourth-order valence-corrected chi connectivity index (χ4v) is 2.73. The van der Waals surface area contributed by atoms with Crippen LogP contribution >= 0.6 is 0 Å². The van der Waals surface area contributed by atoms with Gasteiger partial charge >= 0.3 is 0 Å². The van der Waals surface area contributed by atoms with Crippen LogP contribution in [0.4, 0.5) is 4.39 Å². The minimum atomic E-state index is -0.245. The summed E-state index contributed by atoms with van der Waals surface area (Å²) in [5, 5.41) is 0. The number of halogens is 1. The van der Waals surface area contributed by atoms with Crippen molar-refractivity contribution >= 4 is 11.0 Å². The van der Waals surface area contributed by atoms with E-state index in [1.807, 2.05) is 41.8 Å². The van der Waals surface area contributed by atoms with Crippen molar-refractivity contribution in [2.24, 2.45) is 5.73 Å². The highest BCUT2D eigenvalue weighted by Crippen LogP contribution is 2.27. The standard InChI is InChI=1S/C17H18FN3/c1-2-14(19)17(12-6-5-7-13(18)10-12)21-11-20-15-8-3-4-9-16(15)21/h3-11,14,17H,2,19H2,1H3. The first-order valence-corrected chi connectivity index (χ1v) is 7.13. The van der Waals surface area contributed by atoms with Gasteiger partial charge < -0.3 is 10.3 Å². The van der Waals surface area contributed by atoms with Crippen molar-refractivity contribution in [2.45, 2.75) is 25.4 Å². The maximum absolute atomic E-state index is 13.6. The zero-order valence-corrected chi connectivity index (χ0v) is 11.9. The molecule has 3 nitrogen and oxygen atoms in total. The van der Waals surface area contributed by atoms with E-state index in [4.69, 9.17) is 5.73 Å². The molecule has 0 aliphatic carbocycles. The van der Waals surface area contributed by atoms with Gasteiger partial charge in [0, 0.05) is 6.04 Å². The number of hydrogen-bond donors (Lipinski definition) is 1. The predicted octanol–water partition coefficient (Wildman–Crippen LogP) is 3.50. The van der Waals surface area contributed by atoms with Gasteiger partial charge in [0.25, 0.3) is 0 Å². The third-order valence-electron chi connectivity index (χ3n) is 3.85. The van der Waals surface area contributed by atoms with Crippen molar-refractivity contribution in [3.05, 3.63) is 66.2 Å². The van der Waals surface area contributed by atoms with Gasteiger partial charge in [-0.25, -0.2) is 9.37 Å². The Bertz CT molecular complexity index is 750. The van der Waals surface area contributed by atoms with Gasteiger partial charge in [-0.2, -0.15) is 0 Å². The van der Waals surface area contributed by atoms with E-state index in [1.165, 1.54) is 6.07 Å². The van der Waals surface area contributed by atoms with Crippen LogP contribution in [0, 0.1) is 5.82 Å². The van der Waals surface area contributed by atoms with Crippen LogP contribution in [-0.4, -0.2) is 15.6 Å². The van der Waals surface area contributed by atoms with Gasteiger partial charge in [0.2, 0.25) is 0 Å². The third kappa shape index (κ3) is 2.54. The van der Waals surface area contributed by atoms with Gasteiger partial charge in [0.15, 0.2) is 0 Å². The monoisotopic (exact) mass is 283 g/mol. The van der Waals surface area contributed by atoms with Gasteiger partial charge in [-0.1, -0.05) is 31.2 Å². The van der Waals surface area contributed by atoms with E-state index in [1.54, 1.807) is 18.5 Å². The van der Waals surface area contributed by atoms with Crippen LogP contribution in [0.2, 0.25) is 0 Å². The molecular weight excluding hydrogens is 265 g/mol. The second-order valence-corrected chi connectivity index (χ2v) is 5.21. The van der Waals surface area contributed by atoms with Crippen LogP contribution in [0.3, 0.4) is 0 Å². The van der Waals surface area contributed by atoms with E-state index in [9.17, 15) is 4.39 Å². The first-order valence-electron chi connectivity index (χ1n) is 7.13. The lowest BCUT2D eigenvalue weighted by Crippen LogP contribution is -2.32. The molecule has 1 aromatic heterocycles. The Labute approximate surface area is 123 Å². The molecule has 0 spiro atoms. The van der Waals surface area contributed by atoms with Crippen molar-refractivity contribution in [1.29, 1.82) is 0 Å². The number of fused-ring (bicyclic) bond motifs is 1. The maximum atomic E-state index is 13.6. The van der Waals surface area contributed by atoms with E-state index in [0.29, 0.717) is 0 Å². The molecule has 0 radical (unpaired) electrons. The van der Waals surface area contributed by atoms with Crippen molar-refractivity contribution in [1.82, 2.24) is 9.55 Å². The molecule has 108 valence electrons. The van der Waals surface area contributed by atoms with Gasteiger partial charge in [-0.15, -0.1) is 0 Å². The normalized spacial score (nSPS) is 14.2. The van der Waals surface area contributed by atoms with Crippen LogP contribution < -0.4 is 5.73 Å². The molecule has 0 bridgehead atoms. The van der Waals surface area contributed by atoms with Gasteiger partial charge in [-0.05, 0) is 36.2 Å². The van der Waals surface area contributed by atoms with E-state index in [0.717, 1.165) is 23.0 Å². The summed E-state index contributed by atoms with van der Waals surface area (Å²) in [6.07, 6.45) is 2.59. The summed E-state index contributed by atoms with van der Waals surface area (Å²) in [6, 6.07) is 14.3. The van der Waals surface area contributed by atoms with Crippen LogP contribution in [0.5, 0.6) is 0 Å². The Balaban J connectivity index is 2.16. The summed E-state index contributed by atoms with van der Waals surface area (Å²) >= 11 is 0. The second kappa shape index (κ2) is 5.66. The Kier molecular flexibility index (Phi) is 3.71. The summed E-state index contributed by atoms with van der Waals surface area (Å²) in [5.74, 6) is -0.245. The number of nitrogens with zero attached hydrogens (tertiary/aromatic N) is 2. The number of rotatable bonds is 4. The fourth-order valence-electron chi connectivity index (χ4n) is 2.73. The Hall–Kier alpha value is -2.20. The topological polar surface area (TPSA) is 43.8 Å². The van der Waals surface area contributed by atoms with Crippen LogP contribution in [0.25, 0.3) is 11.0 Å². The second-order valence-electron chi connectivity index (χ2n) is 5.21. The molecule has 3 aromatic rings. The predicted molar refractivity (Wildman–Crippen MR) is 82.5 cm³/mol. The molecule has 3 rings (SSSR count). The van der Waals surface area contributed by atoms with Crippen LogP contribution in [-0.2, 0) is 0 Å². The zero-order chi connectivity index (χ0) is 14.8. The summed E-state index contributed by atoms with van der Waals surface area (Å²) in [7, 11) is 0. The molecule has 0 amide bonds. The van der Waals surface area contributed by atoms with Crippen molar-refractivity contribution in [3.8, 4) is 0 Å². The average Bonchev–Trinajstić information content (AvgIpc) is 2.91. The van der Waals surface area contributed by atoms with Gasteiger partial charge in [0.1, 0.15) is 5.82 Å². The van der Waals surface area contributed by atoms with Gasteiger partial charge in [0.05, 0.1) is 23.4 Å². The molecule has 2 N–H and O–H groups in total. The summed E-state index contributed by atoms with van der Waals surface area (Å²) in [6.45, 7) is 2.04. The molecule has 0 fully saturated rings. The van der Waals surface area contributed by atoms with Crippen LogP contribution in [0.1, 0.15) is 24.9 Å². The van der Waals surface area contributed by atoms with Crippen molar-refractivity contribution in [2.75, 3.05) is 0 Å². The molecular formula is C17H18FN3. The fraction of sp³-hybridized carbons (Fsp3) is 0.235. The van der Waals surface area contributed by atoms with Crippen molar-refractivity contribution in [3.63, 3.8) is 0 Å². The molecule has 0 saturated heterocycles. The number of aromatic nitrogens is 2. The highest BCUT2D eigenvalue weighted by molar-refractivity contribution is 5.75. The highest BCUT2D eigenvalue weighted by Gasteiger charge is 2.22. The lowest BCUT2D eigenvalue weighted by atomic mass is 9.97. The van der Waals surface area contributed by atoms with Gasteiger partial charge in [-0.3, -0.25) is 0 Å². The quantitative estimate of drug-likeness (QED) is 0.796. The minimum Gasteiger partial charge on any atom is -0.326 e. The largest absolute Gasteiger partial charge is 0.326 e. The third-order valence-corrected chi connectivity index (χ3v) is 3.85. The Morgan fingerprint density at radius 3 is 2.76 bits per heavy atom. The number of imidazole rings is 1. The summed E-state index contributed by atoms with van der Waals surface area (Å²) in [5.41, 5.74) is 9.11. The smallest absolute Gasteiger partial charge is 0.123 e. The first kappa shape index (κ1) is 13.8. The highest BCUT2D eigenvalue weighted by atomic mass is 19.1. The minimum absolute atomic E-state index is 0.107. The van der Waals surface area contributed by atoms with E-state index in [-0.39, 0.29) is 17.9 Å². The lowest BCUT2D eigenvalue weighted by Gasteiger charge is -2.25.